The van der Waals surface area contributed by atoms with E-state index < -0.39 is 0 Å². The number of anilines is 1. The maximum atomic E-state index is 10.1. The molecule has 0 radical (unpaired) electrons. The first-order chi connectivity index (χ1) is 12.7. The van der Waals surface area contributed by atoms with Crippen LogP contribution >= 0.6 is 0 Å². The topological polar surface area (TPSA) is 118 Å². The van der Waals surface area contributed by atoms with Crippen molar-refractivity contribution in [2.24, 2.45) is 28.6 Å². The van der Waals surface area contributed by atoms with E-state index in [9.17, 15) is 4.79 Å². The molecule has 1 aromatic rings. The molecule has 2 atom stereocenters. The van der Waals surface area contributed by atoms with Crippen molar-refractivity contribution in [2.45, 2.75) is 51.5 Å². The second-order valence-corrected chi connectivity index (χ2v) is 7.06. The van der Waals surface area contributed by atoms with E-state index >= 15 is 0 Å². The molecule has 7 heteroatoms. The summed E-state index contributed by atoms with van der Waals surface area (Å²) in [5.41, 5.74) is 3.79. The summed E-state index contributed by atoms with van der Waals surface area (Å²) in [7, 11) is 0. The molecule has 0 spiro atoms. The van der Waals surface area contributed by atoms with Crippen molar-refractivity contribution in [3.05, 3.63) is 29.8 Å². The average Bonchev–Trinajstić information content (AvgIpc) is 3.11. The van der Waals surface area contributed by atoms with E-state index in [4.69, 9.17) is 11.7 Å². The zero-order chi connectivity index (χ0) is 18.8. The Balaban J connectivity index is 0.000000189. The minimum atomic E-state index is 0.377. The first kappa shape index (κ1) is 20.2. The van der Waals surface area contributed by atoms with Gasteiger partial charge in [-0.15, -0.1) is 0 Å². The highest BCUT2D eigenvalue weighted by Gasteiger charge is 2.30. The van der Waals surface area contributed by atoms with Crippen molar-refractivity contribution in [1.82, 2.24) is 10.7 Å². The van der Waals surface area contributed by atoms with Crippen LogP contribution in [0.15, 0.2) is 29.4 Å². The number of benzene rings is 1. The van der Waals surface area contributed by atoms with E-state index in [1.165, 1.54) is 45.1 Å². The Bertz CT molecular complexity index is 568. The van der Waals surface area contributed by atoms with Crippen molar-refractivity contribution < 1.29 is 4.79 Å². The summed E-state index contributed by atoms with van der Waals surface area (Å²) < 4.78 is 0. The van der Waals surface area contributed by atoms with Gasteiger partial charge in [-0.1, -0.05) is 32.1 Å². The Morgan fingerprint density at radius 2 is 1.88 bits per heavy atom. The molecular weight excluding hydrogens is 328 g/mol. The number of nitrogens with two attached hydrogens (primary N) is 2. The third kappa shape index (κ3) is 5.71. The van der Waals surface area contributed by atoms with Crippen LogP contribution < -0.4 is 27.7 Å². The summed E-state index contributed by atoms with van der Waals surface area (Å²) in [5.74, 6) is 12.7. The van der Waals surface area contributed by atoms with Crippen molar-refractivity contribution in [3.63, 3.8) is 0 Å². The van der Waals surface area contributed by atoms with Gasteiger partial charge in [-0.3, -0.25) is 4.79 Å². The number of nitrogens with zero attached hydrogens (tertiary/aromatic N) is 1. The number of carbonyl (C=O) groups excluding carboxylic acids is 1. The van der Waals surface area contributed by atoms with Gasteiger partial charge in [0.15, 0.2) is 5.84 Å². The van der Waals surface area contributed by atoms with Crippen molar-refractivity contribution in [2.75, 3.05) is 11.9 Å². The zero-order valence-corrected chi connectivity index (χ0v) is 15.6. The molecule has 1 saturated carbocycles. The smallest absolute Gasteiger partial charge is 0.211 e. The standard InChI is InChI=1S/C11H21N.C8H11N5O/c1-9-11(7-8-12-9)10-5-3-2-4-6-10;9-12-8(13-10)6-1-3-7(4-2-6)11-5-14/h9-12H,2-8H2,1H3;1-5H,9-10H2,(H,11,14)(H,12,13). The van der Waals surface area contributed by atoms with E-state index in [1.54, 1.807) is 24.3 Å². The second-order valence-electron chi connectivity index (χ2n) is 7.06. The van der Waals surface area contributed by atoms with Gasteiger partial charge in [0.2, 0.25) is 6.41 Å². The maximum Gasteiger partial charge on any atom is 0.211 e. The fraction of sp³-hybridized carbons (Fsp3) is 0.579. The van der Waals surface area contributed by atoms with Gasteiger partial charge in [-0.2, -0.15) is 5.10 Å². The Labute approximate surface area is 155 Å². The third-order valence-corrected chi connectivity index (χ3v) is 5.49. The summed E-state index contributed by atoms with van der Waals surface area (Å²) in [4.78, 5) is 10.1. The van der Waals surface area contributed by atoms with Gasteiger partial charge < -0.3 is 21.9 Å². The molecule has 3 rings (SSSR count). The Kier molecular flexibility index (Phi) is 8.37. The molecule has 1 aromatic carbocycles. The predicted octanol–water partition coefficient (Wildman–Crippen LogP) is 1.90. The molecule has 1 aliphatic heterocycles. The van der Waals surface area contributed by atoms with E-state index in [2.05, 4.69) is 28.1 Å². The number of hydrogen-bond acceptors (Lipinski definition) is 5. The summed E-state index contributed by atoms with van der Waals surface area (Å²) in [6.45, 7) is 3.63. The minimum absolute atomic E-state index is 0.377. The highest BCUT2D eigenvalue weighted by Crippen LogP contribution is 2.35. The lowest BCUT2D eigenvalue weighted by Crippen LogP contribution is -2.31. The van der Waals surface area contributed by atoms with Crippen molar-refractivity contribution >= 4 is 17.9 Å². The van der Waals surface area contributed by atoms with E-state index in [0.29, 0.717) is 17.9 Å². The third-order valence-electron chi connectivity index (χ3n) is 5.49. The quantitative estimate of drug-likeness (QED) is 0.185. The molecule has 0 bridgehead atoms. The van der Waals surface area contributed by atoms with E-state index in [1.807, 2.05) is 0 Å². The number of amidine groups is 1. The molecule has 26 heavy (non-hydrogen) atoms. The van der Waals surface area contributed by atoms with Gasteiger partial charge in [0.05, 0.1) is 0 Å². The monoisotopic (exact) mass is 360 g/mol. The number of nitrogens with one attached hydrogen (secondary N) is 3. The van der Waals surface area contributed by atoms with Gasteiger partial charge in [0, 0.05) is 17.3 Å². The largest absolute Gasteiger partial charge is 0.329 e. The first-order valence-electron chi connectivity index (χ1n) is 9.48. The molecule has 2 aliphatic rings. The number of rotatable bonds is 4. The number of hydrazone groups is 1. The minimum Gasteiger partial charge on any atom is -0.329 e. The lowest BCUT2D eigenvalue weighted by molar-refractivity contribution is -0.105. The van der Waals surface area contributed by atoms with Crippen molar-refractivity contribution in [3.8, 4) is 0 Å². The lowest BCUT2D eigenvalue weighted by Gasteiger charge is -2.29. The van der Waals surface area contributed by atoms with Gasteiger partial charge >= 0.3 is 0 Å². The van der Waals surface area contributed by atoms with Crippen LogP contribution in [0.2, 0.25) is 0 Å². The number of carbonyl (C=O) groups is 1. The summed E-state index contributed by atoms with van der Waals surface area (Å²) in [5, 5.41) is 9.52. The van der Waals surface area contributed by atoms with Crippen LogP contribution in [-0.4, -0.2) is 24.8 Å². The number of hydrogen-bond donors (Lipinski definition) is 5. The van der Waals surface area contributed by atoms with Crippen molar-refractivity contribution in [1.29, 1.82) is 0 Å². The fourth-order valence-electron chi connectivity index (χ4n) is 4.07. The summed E-state index contributed by atoms with van der Waals surface area (Å²) >= 11 is 0. The predicted molar refractivity (Wildman–Crippen MR) is 106 cm³/mol. The van der Waals surface area contributed by atoms with Crippen LogP contribution in [-0.2, 0) is 4.79 Å². The van der Waals surface area contributed by atoms with Gasteiger partial charge in [-0.25, -0.2) is 5.84 Å². The molecule has 1 aliphatic carbocycles. The molecule has 2 unspecified atom stereocenters. The molecule has 1 saturated heterocycles. The molecule has 1 heterocycles. The fourth-order valence-corrected chi connectivity index (χ4v) is 4.07. The van der Waals surface area contributed by atoms with Gasteiger partial charge in [-0.05, 0) is 56.0 Å². The molecule has 0 aromatic heterocycles. The van der Waals surface area contributed by atoms with Crippen LogP contribution in [0.25, 0.3) is 0 Å². The second kappa shape index (κ2) is 10.8. The SMILES string of the molecule is CC1NCCC1C1CCCCC1.N/N=C(\NN)c1ccc(NC=O)cc1. The highest BCUT2D eigenvalue weighted by atomic mass is 16.1. The summed E-state index contributed by atoms with van der Waals surface area (Å²) in [6, 6.07) is 7.70. The molecule has 7 nitrogen and oxygen atoms in total. The van der Waals surface area contributed by atoms with Crippen LogP contribution in [0.5, 0.6) is 0 Å². The maximum absolute atomic E-state index is 10.1. The van der Waals surface area contributed by atoms with Crippen LogP contribution in [0.1, 0.15) is 51.0 Å². The van der Waals surface area contributed by atoms with Crippen LogP contribution in [0, 0.1) is 11.8 Å². The molecule has 7 N–H and O–H groups in total. The lowest BCUT2D eigenvalue weighted by atomic mass is 9.77. The van der Waals surface area contributed by atoms with Crippen LogP contribution in [0.4, 0.5) is 5.69 Å². The van der Waals surface area contributed by atoms with Gasteiger partial charge in [0.1, 0.15) is 0 Å². The first-order valence-corrected chi connectivity index (χ1v) is 9.48. The van der Waals surface area contributed by atoms with E-state index in [-0.39, 0.29) is 0 Å². The normalized spacial score (nSPS) is 23.7. The zero-order valence-electron chi connectivity index (χ0n) is 15.6. The van der Waals surface area contributed by atoms with Gasteiger partial charge in [0.25, 0.3) is 0 Å². The summed E-state index contributed by atoms with van der Waals surface area (Å²) in [6.07, 6.45) is 9.54. The molecule has 2 fully saturated rings. The molecule has 1 amide bonds. The Morgan fingerprint density at radius 3 is 2.38 bits per heavy atom. The number of amides is 1. The Morgan fingerprint density at radius 1 is 1.19 bits per heavy atom. The van der Waals surface area contributed by atoms with Crippen LogP contribution in [0.3, 0.4) is 0 Å². The Hall–Kier alpha value is -2.12. The van der Waals surface area contributed by atoms with E-state index in [0.717, 1.165) is 23.4 Å². The molecule has 144 valence electrons. The number of hydrazine groups is 1. The highest BCUT2D eigenvalue weighted by molar-refractivity contribution is 5.98. The molecular formula is C19H32N6O. The average molecular weight is 361 g/mol.